The number of hydrogen-bond donors (Lipinski definition) is 1. The second-order valence-corrected chi connectivity index (χ2v) is 9.68. The summed E-state index contributed by atoms with van der Waals surface area (Å²) in [6.45, 7) is 0. The third kappa shape index (κ3) is 4.86. The minimum atomic E-state index is -0.386. The van der Waals surface area contributed by atoms with Gasteiger partial charge in [-0.25, -0.2) is 9.37 Å². The number of aromatic nitrogens is 4. The predicted octanol–water partition coefficient (Wildman–Crippen LogP) is 5.48. The second kappa shape index (κ2) is 9.88. The maximum absolute atomic E-state index is 14.6. The van der Waals surface area contributed by atoms with Crippen LogP contribution in [0.25, 0.3) is 17.3 Å². The van der Waals surface area contributed by atoms with Crippen molar-refractivity contribution in [2.24, 2.45) is 0 Å². The van der Waals surface area contributed by atoms with Crippen LogP contribution in [-0.2, 0) is 5.75 Å². The van der Waals surface area contributed by atoms with E-state index >= 15 is 0 Å². The molecule has 7 nitrogen and oxygen atoms in total. The molecule has 0 atom stereocenters. The average molecular weight is 484 g/mol. The number of nitrogens with zero attached hydrogens (tertiary/aromatic N) is 4. The summed E-state index contributed by atoms with van der Waals surface area (Å²) in [4.78, 5) is 17.1. The van der Waals surface area contributed by atoms with Gasteiger partial charge < -0.3 is 9.73 Å². The van der Waals surface area contributed by atoms with Crippen molar-refractivity contribution in [1.29, 1.82) is 0 Å². The molecule has 0 spiro atoms. The maximum atomic E-state index is 14.6. The quantitative estimate of drug-likeness (QED) is 0.351. The van der Waals surface area contributed by atoms with Gasteiger partial charge in [0.25, 0.3) is 5.91 Å². The van der Waals surface area contributed by atoms with Crippen LogP contribution in [0.1, 0.15) is 47.6 Å². The van der Waals surface area contributed by atoms with Crippen LogP contribution >= 0.6 is 23.1 Å². The van der Waals surface area contributed by atoms with Crippen LogP contribution in [0.3, 0.4) is 0 Å². The van der Waals surface area contributed by atoms with Crippen LogP contribution in [0.4, 0.5) is 4.39 Å². The number of furan rings is 1. The monoisotopic (exact) mass is 483 g/mol. The van der Waals surface area contributed by atoms with Crippen molar-refractivity contribution in [3.8, 4) is 17.3 Å². The molecule has 3 aromatic heterocycles. The summed E-state index contributed by atoms with van der Waals surface area (Å²) in [6.07, 6.45) is 7.16. The largest absolute Gasteiger partial charge is 0.461 e. The third-order valence-corrected chi connectivity index (χ3v) is 7.49. The van der Waals surface area contributed by atoms with Gasteiger partial charge in [-0.2, -0.15) is 0 Å². The second-order valence-electron chi connectivity index (χ2n) is 7.79. The molecule has 1 aliphatic rings. The summed E-state index contributed by atoms with van der Waals surface area (Å²) in [7, 11) is 0. The Morgan fingerprint density at radius 2 is 2.03 bits per heavy atom. The van der Waals surface area contributed by atoms with Gasteiger partial charge in [0.2, 0.25) is 5.82 Å². The highest BCUT2D eigenvalue weighted by atomic mass is 32.2. The minimum absolute atomic E-state index is 0.121. The van der Waals surface area contributed by atoms with E-state index in [9.17, 15) is 9.18 Å². The van der Waals surface area contributed by atoms with E-state index in [0.29, 0.717) is 33.9 Å². The van der Waals surface area contributed by atoms with Gasteiger partial charge >= 0.3 is 0 Å². The van der Waals surface area contributed by atoms with Crippen molar-refractivity contribution < 1.29 is 13.6 Å². The van der Waals surface area contributed by atoms with Crippen LogP contribution < -0.4 is 5.32 Å². The normalized spacial score (nSPS) is 14.5. The first kappa shape index (κ1) is 21.8. The number of thiazole rings is 1. The smallest absolute Gasteiger partial charge is 0.270 e. The Balaban J connectivity index is 1.33. The molecule has 0 radical (unpaired) electrons. The number of para-hydroxylation sites is 1. The lowest BCUT2D eigenvalue weighted by Crippen LogP contribution is -2.36. The number of carbonyl (C=O) groups is 1. The fraction of sp³-hybridized carbons (Fsp3) is 0.304. The lowest BCUT2D eigenvalue weighted by molar-refractivity contribution is 0.0923. The number of halogens is 1. The van der Waals surface area contributed by atoms with Crippen molar-refractivity contribution in [3.05, 3.63) is 64.6 Å². The van der Waals surface area contributed by atoms with Crippen molar-refractivity contribution >= 4 is 29.0 Å². The molecule has 4 aromatic rings. The molecule has 1 N–H and O–H groups in total. The molecule has 0 aliphatic heterocycles. The van der Waals surface area contributed by atoms with Gasteiger partial charge in [0, 0.05) is 11.4 Å². The Morgan fingerprint density at radius 3 is 2.82 bits per heavy atom. The van der Waals surface area contributed by atoms with Crippen molar-refractivity contribution in [2.75, 3.05) is 0 Å². The standard InChI is InChI=1S/C23H22FN5O2S2/c24-16-9-4-5-10-18(16)29-21(19-11-6-12-31-19)27-28-23(29)33-14-20-26-17(13-32-20)22(30)25-15-7-2-1-3-8-15/h4-6,9-13,15H,1-3,7-8,14H2,(H,25,30). The van der Waals surface area contributed by atoms with Crippen LogP contribution in [-0.4, -0.2) is 31.7 Å². The molecule has 1 amide bonds. The van der Waals surface area contributed by atoms with Gasteiger partial charge in [-0.15, -0.1) is 21.5 Å². The lowest BCUT2D eigenvalue weighted by Gasteiger charge is -2.22. The highest BCUT2D eigenvalue weighted by molar-refractivity contribution is 7.98. The number of rotatable bonds is 7. The summed E-state index contributed by atoms with van der Waals surface area (Å²) < 4.78 is 21.8. The van der Waals surface area contributed by atoms with Crippen molar-refractivity contribution in [1.82, 2.24) is 25.1 Å². The van der Waals surface area contributed by atoms with Crippen molar-refractivity contribution in [3.63, 3.8) is 0 Å². The van der Waals surface area contributed by atoms with Crippen LogP contribution in [0.2, 0.25) is 0 Å². The van der Waals surface area contributed by atoms with E-state index in [2.05, 4.69) is 20.5 Å². The number of carbonyl (C=O) groups excluding carboxylic acids is 1. The summed E-state index contributed by atoms with van der Waals surface area (Å²) in [6, 6.07) is 10.2. The zero-order valence-corrected chi connectivity index (χ0v) is 19.4. The molecule has 3 heterocycles. The van der Waals surface area contributed by atoms with Gasteiger partial charge in [0.1, 0.15) is 16.5 Å². The Labute approximate surface area is 198 Å². The van der Waals surface area contributed by atoms with Gasteiger partial charge in [0.15, 0.2) is 10.9 Å². The molecule has 1 fully saturated rings. The third-order valence-electron chi connectivity index (χ3n) is 5.52. The molecule has 0 bridgehead atoms. The van der Waals surface area contributed by atoms with Gasteiger partial charge in [0.05, 0.1) is 17.7 Å². The van der Waals surface area contributed by atoms with E-state index in [1.54, 1.807) is 40.3 Å². The van der Waals surface area contributed by atoms with Crippen LogP contribution in [0.5, 0.6) is 0 Å². The first-order valence-electron chi connectivity index (χ1n) is 10.8. The van der Waals surface area contributed by atoms with E-state index in [4.69, 9.17) is 4.42 Å². The number of hydrogen-bond acceptors (Lipinski definition) is 7. The Morgan fingerprint density at radius 1 is 1.18 bits per heavy atom. The van der Waals surface area contributed by atoms with Crippen LogP contribution in [0.15, 0.2) is 57.6 Å². The van der Waals surface area contributed by atoms with Gasteiger partial charge in [-0.05, 0) is 37.1 Å². The number of nitrogens with one attached hydrogen (secondary N) is 1. The summed E-state index contributed by atoms with van der Waals surface area (Å²) >= 11 is 2.81. The highest BCUT2D eigenvalue weighted by Crippen LogP contribution is 2.31. The topological polar surface area (TPSA) is 85.8 Å². The fourth-order valence-corrected chi connectivity index (χ4v) is 5.63. The number of benzene rings is 1. The number of thioether (sulfide) groups is 1. The predicted molar refractivity (Wildman–Crippen MR) is 125 cm³/mol. The maximum Gasteiger partial charge on any atom is 0.270 e. The molecule has 0 saturated heterocycles. The van der Waals surface area contributed by atoms with E-state index in [0.717, 1.165) is 30.7 Å². The zero-order valence-electron chi connectivity index (χ0n) is 17.7. The summed E-state index contributed by atoms with van der Waals surface area (Å²) in [5.41, 5.74) is 0.774. The van der Waals surface area contributed by atoms with Crippen molar-refractivity contribution in [2.45, 2.75) is 49.1 Å². The molecular formula is C23H22FN5O2S2. The molecule has 10 heteroatoms. The van der Waals surface area contributed by atoms with Gasteiger partial charge in [-0.3, -0.25) is 9.36 Å². The first-order chi connectivity index (χ1) is 16.2. The average Bonchev–Trinajstić information content (AvgIpc) is 3.59. The Hall–Kier alpha value is -2.98. The molecule has 1 saturated carbocycles. The molecular weight excluding hydrogens is 461 g/mol. The SMILES string of the molecule is O=C(NC1CCCCC1)c1csc(CSc2nnc(-c3ccco3)n2-c2ccccc2F)n1. The number of amides is 1. The lowest BCUT2D eigenvalue weighted by atomic mass is 9.95. The fourth-order valence-electron chi connectivity index (χ4n) is 3.89. The first-order valence-corrected chi connectivity index (χ1v) is 12.7. The van der Waals surface area contributed by atoms with E-state index in [1.807, 2.05) is 0 Å². The Kier molecular flexibility index (Phi) is 6.54. The molecule has 1 aliphatic carbocycles. The summed E-state index contributed by atoms with van der Waals surface area (Å²) in [5.74, 6) is 0.881. The molecule has 0 unspecified atom stereocenters. The summed E-state index contributed by atoms with van der Waals surface area (Å²) in [5, 5.41) is 14.7. The van der Waals surface area contributed by atoms with E-state index < -0.39 is 0 Å². The molecule has 33 heavy (non-hydrogen) atoms. The van der Waals surface area contributed by atoms with E-state index in [-0.39, 0.29) is 17.8 Å². The van der Waals surface area contributed by atoms with Gasteiger partial charge in [-0.1, -0.05) is 43.2 Å². The van der Waals surface area contributed by atoms with E-state index in [1.165, 1.54) is 41.8 Å². The molecule has 170 valence electrons. The minimum Gasteiger partial charge on any atom is -0.461 e. The molecule has 1 aromatic carbocycles. The zero-order chi connectivity index (χ0) is 22.6. The highest BCUT2D eigenvalue weighted by Gasteiger charge is 2.22. The molecule has 5 rings (SSSR count). The Bertz CT molecular complexity index is 1230. The van der Waals surface area contributed by atoms with Crippen LogP contribution in [0, 0.1) is 5.82 Å².